The number of aromatic nitrogens is 1. The van der Waals surface area contributed by atoms with Crippen LogP contribution in [0.25, 0.3) is 0 Å². The van der Waals surface area contributed by atoms with Gasteiger partial charge in [0.1, 0.15) is 5.75 Å². The Hall–Kier alpha value is -2.40. The molecule has 2 rings (SSSR count). The van der Waals surface area contributed by atoms with Gasteiger partial charge >= 0.3 is 5.91 Å². The van der Waals surface area contributed by atoms with Gasteiger partial charge in [0.15, 0.2) is 12.4 Å². The molecule has 0 saturated carbocycles. The van der Waals surface area contributed by atoms with Crippen LogP contribution in [0.5, 0.6) is 5.75 Å². The van der Waals surface area contributed by atoms with E-state index in [2.05, 4.69) is 10.5 Å². The molecule has 0 unspecified atom stereocenters. The summed E-state index contributed by atoms with van der Waals surface area (Å²) >= 11 is 0. The predicted molar refractivity (Wildman–Crippen MR) is 80.0 cm³/mol. The molecule has 0 aliphatic carbocycles. The number of hydrogen-bond donors (Lipinski definition) is 1. The molecule has 6 heteroatoms. The van der Waals surface area contributed by atoms with Crippen LogP contribution < -0.4 is 27.1 Å². The van der Waals surface area contributed by atoms with Crippen LogP contribution in [-0.2, 0) is 11.3 Å². The molecule has 0 atom stereocenters. The smallest absolute Gasteiger partial charge is 0.305 e. The van der Waals surface area contributed by atoms with Gasteiger partial charge in [-0.1, -0.05) is 18.2 Å². The van der Waals surface area contributed by atoms with Crippen molar-refractivity contribution in [1.29, 1.82) is 0 Å². The zero-order chi connectivity index (χ0) is 15.1. The van der Waals surface area contributed by atoms with Gasteiger partial charge in [0.05, 0.1) is 12.8 Å². The first-order valence-corrected chi connectivity index (χ1v) is 6.60. The van der Waals surface area contributed by atoms with E-state index in [-0.39, 0.29) is 24.9 Å². The summed E-state index contributed by atoms with van der Waals surface area (Å²) in [5.41, 5.74) is 4.18. The molecular formula is C16H18ClN3O2. The van der Waals surface area contributed by atoms with Crippen LogP contribution in [-0.4, -0.2) is 18.7 Å². The van der Waals surface area contributed by atoms with Crippen molar-refractivity contribution in [3.8, 4) is 5.75 Å². The summed E-state index contributed by atoms with van der Waals surface area (Å²) in [6, 6.07) is 13.2. The minimum absolute atomic E-state index is 0. The number of halogens is 1. The summed E-state index contributed by atoms with van der Waals surface area (Å²) in [7, 11) is 1.62. The number of methoxy groups -OCH3 is 1. The number of nitrogens with one attached hydrogen (secondary N) is 1. The number of nitrogens with zero attached hydrogens (tertiary/aromatic N) is 2. The van der Waals surface area contributed by atoms with Crippen LogP contribution in [0.3, 0.4) is 0 Å². The lowest BCUT2D eigenvalue weighted by atomic mass is 10.1. The highest BCUT2D eigenvalue weighted by atomic mass is 35.5. The fourth-order valence-electron chi connectivity index (χ4n) is 1.80. The van der Waals surface area contributed by atoms with Crippen LogP contribution in [0.4, 0.5) is 0 Å². The Morgan fingerprint density at radius 1 is 1.23 bits per heavy atom. The molecule has 2 aromatic rings. The molecule has 0 aliphatic rings. The van der Waals surface area contributed by atoms with E-state index in [9.17, 15) is 4.79 Å². The Kier molecular flexibility index (Phi) is 7.05. The van der Waals surface area contributed by atoms with E-state index < -0.39 is 0 Å². The second-order valence-corrected chi connectivity index (χ2v) is 4.51. The number of hydrazone groups is 1. The van der Waals surface area contributed by atoms with Gasteiger partial charge < -0.3 is 17.1 Å². The van der Waals surface area contributed by atoms with Crippen molar-refractivity contribution in [3.63, 3.8) is 0 Å². The normalized spacial score (nSPS) is 10.5. The lowest BCUT2D eigenvalue weighted by Crippen LogP contribution is -3.00. The third-order valence-electron chi connectivity index (χ3n) is 2.94. The number of amides is 1. The van der Waals surface area contributed by atoms with E-state index >= 15 is 0 Å². The van der Waals surface area contributed by atoms with Crippen molar-refractivity contribution in [1.82, 2.24) is 5.43 Å². The van der Waals surface area contributed by atoms with E-state index in [1.54, 1.807) is 11.7 Å². The van der Waals surface area contributed by atoms with Crippen LogP contribution >= 0.6 is 0 Å². The van der Waals surface area contributed by atoms with Crippen molar-refractivity contribution in [2.24, 2.45) is 5.10 Å². The Morgan fingerprint density at radius 2 is 1.95 bits per heavy atom. The maximum Gasteiger partial charge on any atom is 0.305 e. The molecular weight excluding hydrogens is 302 g/mol. The van der Waals surface area contributed by atoms with Crippen molar-refractivity contribution in [2.75, 3.05) is 7.11 Å². The lowest BCUT2D eigenvalue weighted by Gasteiger charge is -2.04. The van der Waals surface area contributed by atoms with Crippen LogP contribution in [0.15, 0.2) is 60.0 Å². The quantitative estimate of drug-likeness (QED) is 0.415. The van der Waals surface area contributed by atoms with E-state index in [4.69, 9.17) is 4.74 Å². The van der Waals surface area contributed by atoms with Crippen molar-refractivity contribution in [2.45, 2.75) is 13.5 Å². The monoisotopic (exact) mass is 319 g/mol. The predicted octanol–water partition coefficient (Wildman–Crippen LogP) is -1.47. The van der Waals surface area contributed by atoms with Gasteiger partial charge in [0.2, 0.25) is 6.54 Å². The third kappa shape index (κ3) is 5.18. The topological polar surface area (TPSA) is 54.6 Å². The molecule has 0 aliphatic heterocycles. The van der Waals surface area contributed by atoms with E-state index in [1.165, 1.54) is 0 Å². The molecule has 1 heterocycles. The summed E-state index contributed by atoms with van der Waals surface area (Å²) in [6.07, 6.45) is 3.66. The second-order valence-electron chi connectivity index (χ2n) is 4.51. The van der Waals surface area contributed by atoms with Crippen molar-refractivity contribution < 1.29 is 26.5 Å². The molecule has 0 saturated heterocycles. The van der Waals surface area contributed by atoms with E-state index in [0.717, 1.165) is 17.0 Å². The summed E-state index contributed by atoms with van der Waals surface area (Å²) in [5, 5.41) is 4.11. The van der Waals surface area contributed by atoms with Gasteiger partial charge in [-0.2, -0.15) is 9.67 Å². The number of carbonyl (C=O) groups excluding carboxylic acids is 1. The molecule has 1 aromatic carbocycles. The summed E-state index contributed by atoms with van der Waals surface area (Å²) in [4.78, 5) is 11.8. The average molecular weight is 320 g/mol. The van der Waals surface area contributed by atoms with Gasteiger partial charge in [-0.15, -0.1) is 0 Å². The zero-order valence-electron chi connectivity index (χ0n) is 12.5. The first-order valence-electron chi connectivity index (χ1n) is 6.60. The van der Waals surface area contributed by atoms with Gasteiger partial charge in [-0.25, -0.2) is 5.43 Å². The molecule has 0 radical (unpaired) electrons. The van der Waals surface area contributed by atoms with E-state index in [1.807, 2.05) is 61.8 Å². The number of ether oxygens (including phenoxy) is 1. The van der Waals surface area contributed by atoms with Crippen LogP contribution in [0.1, 0.15) is 12.5 Å². The number of rotatable bonds is 5. The fourth-order valence-corrected chi connectivity index (χ4v) is 1.80. The number of carbonyl (C=O) groups is 1. The lowest BCUT2D eigenvalue weighted by molar-refractivity contribution is -0.684. The number of hydrogen-bond acceptors (Lipinski definition) is 3. The van der Waals surface area contributed by atoms with Gasteiger partial charge in [-0.3, -0.25) is 4.79 Å². The molecule has 116 valence electrons. The second kappa shape index (κ2) is 8.79. The van der Waals surface area contributed by atoms with Crippen LogP contribution in [0.2, 0.25) is 0 Å². The Morgan fingerprint density at radius 3 is 2.64 bits per heavy atom. The van der Waals surface area contributed by atoms with Crippen LogP contribution in [0, 0.1) is 0 Å². The minimum atomic E-state index is -0.173. The Labute approximate surface area is 136 Å². The maximum atomic E-state index is 11.8. The average Bonchev–Trinajstić information content (AvgIpc) is 2.53. The highest BCUT2D eigenvalue weighted by Gasteiger charge is 2.07. The highest BCUT2D eigenvalue weighted by Crippen LogP contribution is 2.12. The zero-order valence-corrected chi connectivity index (χ0v) is 13.2. The summed E-state index contributed by atoms with van der Waals surface area (Å²) in [5.74, 6) is 0.585. The molecule has 1 aromatic heterocycles. The SMILES string of the molecule is COc1cccc(/C(C)=N\NC(=O)C[n+]2ccccc2)c1.[Cl-]. The summed E-state index contributed by atoms with van der Waals surface area (Å²) < 4.78 is 6.95. The van der Waals surface area contributed by atoms with Gasteiger partial charge in [-0.05, 0) is 19.1 Å². The Balaban J connectivity index is 0.00000242. The van der Waals surface area contributed by atoms with Crippen molar-refractivity contribution in [3.05, 3.63) is 60.4 Å². The third-order valence-corrected chi connectivity index (χ3v) is 2.94. The summed E-state index contributed by atoms with van der Waals surface area (Å²) in [6.45, 7) is 2.07. The largest absolute Gasteiger partial charge is 1.00 e. The molecule has 22 heavy (non-hydrogen) atoms. The van der Waals surface area contributed by atoms with Gasteiger partial charge in [0, 0.05) is 17.7 Å². The standard InChI is InChI=1S/C16H17N3O2.ClH/c1-13(14-7-6-8-15(11-14)21-2)17-18-16(20)12-19-9-4-3-5-10-19;/h3-11H,12H2,1-2H3;1H/b17-13-;. The number of benzene rings is 1. The first-order chi connectivity index (χ1) is 10.2. The first kappa shape index (κ1) is 17.7. The molecule has 1 amide bonds. The fraction of sp³-hybridized carbons (Fsp3) is 0.188. The molecule has 1 N–H and O–H groups in total. The van der Waals surface area contributed by atoms with Crippen molar-refractivity contribution >= 4 is 11.6 Å². The molecule has 0 spiro atoms. The highest BCUT2D eigenvalue weighted by molar-refractivity contribution is 5.99. The maximum absolute atomic E-state index is 11.8. The van der Waals surface area contributed by atoms with Gasteiger partial charge in [0.25, 0.3) is 0 Å². The molecule has 0 fully saturated rings. The number of pyridine rings is 1. The minimum Gasteiger partial charge on any atom is -1.00 e. The van der Waals surface area contributed by atoms with E-state index in [0.29, 0.717) is 0 Å². The Bertz CT molecular complexity index is 645. The molecule has 0 bridgehead atoms. The molecule has 5 nitrogen and oxygen atoms in total.